The topological polar surface area (TPSA) is 85.1 Å². The number of hydrogen-bond acceptors (Lipinski definition) is 4. The van der Waals surface area contributed by atoms with Gasteiger partial charge < -0.3 is 11.1 Å². The van der Waals surface area contributed by atoms with Crippen molar-refractivity contribution in [3.05, 3.63) is 40.4 Å². The second-order valence-corrected chi connectivity index (χ2v) is 7.25. The van der Waals surface area contributed by atoms with Gasteiger partial charge in [0.15, 0.2) is 0 Å². The Balaban J connectivity index is 2.25. The predicted molar refractivity (Wildman–Crippen MR) is 97.2 cm³/mol. The van der Waals surface area contributed by atoms with Gasteiger partial charge >= 0.3 is 6.18 Å². The number of alkyl halides is 3. The molecular formula is C18H20F3N3O2S. The Kier molecular flexibility index (Phi) is 6.25. The van der Waals surface area contributed by atoms with Crippen LogP contribution in [0.3, 0.4) is 0 Å². The Morgan fingerprint density at radius 3 is 2.33 bits per heavy atom. The number of primary amides is 1. The molecule has 2 amide bonds. The van der Waals surface area contributed by atoms with E-state index in [1.807, 2.05) is 13.8 Å². The van der Waals surface area contributed by atoms with Crippen molar-refractivity contribution in [3.63, 3.8) is 0 Å². The van der Waals surface area contributed by atoms with Crippen LogP contribution in [-0.4, -0.2) is 22.8 Å². The van der Waals surface area contributed by atoms with Gasteiger partial charge in [-0.2, -0.15) is 13.2 Å². The van der Waals surface area contributed by atoms with E-state index in [1.54, 1.807) is 6.92 Å². The number of nitrogens with zero attached hydrogens (tertiary/aromatic N) is 1. The van der Waals surface area contributed by atoms with E-state index in [-0.39, 0.29) is 5.92 Å². The minimum atomic E-state index is -4.41. The monoisotopic (exact) mass is 399 g/mol. The van der Waals surface area contributed by atoms with E-state index in [2.05, 4.69) is 10.3 Å². The summed E-state index contributed by atoms with van der Waals surface area (Å²) in [6.07, 6.45) is -3.76. The summed E-state index contributed by atoms with van der Waals surface area (Å²) in [7, 11) is 0. The second kappa shape index (κ2) is 8.08. The fourth-order valence-corrected chi connectivity index (χ4v) is 3.44. The Bertz CT molecular complexity index is 831. The Hall–Kier alpha value is -2.42. The third kappa shape index (κ3) is 4.85. The zero-order chi connectivity index (χ0) is 20.4. The van der Waals surface area contributed by atoms with Crippen molar-refractivity contribution in [2.45, 2.75) is 39.4 Å². The number of halogens is 3. The van der Waals surface area contributed by atoms with Gasteiger partial charge in [0, 0.05) is 5.56 Å². The lowest BCUT2D eigenvalue weighted by Crippen LogP contribution is -2.48. The molecule has 0 saturated carbocycles. The van der Waals surface area contributed by atoms with Gasteiger partial charge in [-0.25, -0.2) is 4.98 Å². The van der Waals surface area contributed by atoms with Crippen LogP contribution in [0.15, 0.2) is 24.3 Å². The van der Waals surface area contributed by atoms with Gasteiger partial charge in [-0.05, 0) is 25.0 Å². The van der Waals surface area contributed by atoms with Gasteiger partial charge in [0.25, 0.3) is 5.91 Å². The van der Waals surface area contributed by atoms with Crippen molar-refractivity contribution in [1.29, 1.82) is 0 Å². The molecule has 2 unspecified atom stereocenters. The molecule has 1 aromatic carbocycles. The molecule has 0 saturated heterocycles. The lowest BCUT2D eigenvalue weighted by molar-refractivity contribution is -0.137. The SMILES string of the molecule is CCC(C)C(NC(=O)c1sc(-c2ccc(C(F)(F)F)cc2)nc1C)C(N)=O. The van der Waals surface area contributed by atoms with Crippen LogP contribution in [0.4, 0.5) is 13.2 Å². The van der Waals surface area contributed by atoms with E-state index >= 15 is 0 Å². The summed E-state index contributed by atoms with van der Waals surface area (Å²) in [6, 6.07) is 3.76. The minimum Gasteiger partial charge on any atom is -0.368 e. The molecule has 27 heavy (non-hydrogen) atoms. The molecule has 1 heterocycles. The highest BCUT2D eigenvalue weighted by Gasteiger charge is 2.30. The Morgan fingerprint density at radius 2 is 1.85 bits per heavy atom. The summed E-state index contributed by atoms with van der Waals surface area (Å²) in [6.45, 7) is 5.32. The molecule has 9 heteroatoms. The molecule has 0 aliphatic rings. The molecule has 3 N–H and O–H groups in total. The maximum absolute atomic E-state index is 12.7. The van der Waals surface area contributed by atoms with Gasteiger partial charge in [0.05, 0.1) is 11.3 Å². The average Bonchev–Trinajstić information content (AvgIpc) is 2.99. The zero-order valence-corrected chi connectivity index (χ0v) is 15.9. The third-order valence-corrected chi connectivity index (χ3v) is 5.47. The fourth-order valence-electron chi connectivity index (χ4n) is 2.47. The first-order valence-electron chi connectivity index (χ1n) is 8.29. The van der Waals surface area contributed by atoms with Crippen LogP contribution >= 0.6 is 11.3 Å². The van der Waals surface area contributed by atoms with Crippen molar-refractivity contribution < 1.29 is 22.8 Å². The summed E-state index contributed by atoms with van der Waals surface area (Å²) >= 11 is 1.05. The number of amides is 2. The van der Waals surface area contributed by atoms with Gasteiger partial charge in [-0.1, -0.05) is 32.4 Å². The molecule has 1 aromatic heterocycles. The van der Waals surface area contributed by atoms with E-state index in [0.29, 0.717) is 27.6 Å². The number of hydrogen-bond donors (Lipinski definition) is 2. The first kappa shape index (κ1) is 20.9. The number of benzene rings is 1. The number of nitrogens with one attached hydrogen (secondary N) is 1. The van der Waals surface area contributed by atoms with Crippen LogP contribution in [0.5, 0.6) is 0 Å². The first-order valence-corrected chi connectivity index (χ1v) is 9.11. The van der Waals surface area contributed by atoms with Crippen LogP contribution in [0.25, 0.3) is 10.6 Å². The van der Waals surface area contributed by atoms with Crippen LogP contribution < -0.4 is 11.1 Å². The van der Waals surface area contributed by atoms with Crippen molar-refractivity contribution in [2.75, 3.05) is 0 Å². The number of thiazole rings is 1. The number of carbonyl (C=O) groups is 2. The highest BCUT2D eigenvalue weighted by atomic mass is 32.1. The molecule has 0 bridgehead atoms. The standard InChI is InChI=1S/C18H20F3N3O2S/c1-4-9(2)13(15(22)25)24-16(26)14-10(3)23-17(27-14)11-5-7-12(8-6-11)18(19,20)21/h5-9,13H,4H2,1-3H3,(H2,22,25)(H,24,26). The van der Waals surface area contributed by atoms with Gasteiger partial charge in [-0.15, -0.1) is 11.3 Å². The first-order chi connectivity index (χ1) is 12.5. The number of aromatic nitrogens is 1. The van der Waals surface area contributed by atoms with Crippen molar-refractivity contribution in [1.82, 2.24) is 10.3 Å². The minimum absolute atomic E-state index is 0.130. The number of nitrogens with two attached hydrogens (primary N) is 1. The molecular weight excluding hydrogens is 379 g/mol. The molecule has 146 valence electrons. The van der Waals surface area contributed by atoms with E-state index < -0.39 is 29.6 Å². The normalized spacial score (nSPS) is 13.9. The molecule has 0 fully saturated rings. The van der Waals surface area contributed by atoms with Gasteiger partial charge in [-0.3, -0.25) is 9.59 Å². The summed E-state index contributed by atoms with van der Waals surface area (Å²) in [5, 5.41) is 3.05. The van der Waals surface area contributed by atoms with Crippen molar-refractivity contribution in [2.24, 2.45) is 11.7 Å². The lowest BCUT2D eigenvalue weighted by atomic mass is 9.98. The molecule has 2 atom stereocenters. The lowest BCUT2D eigenvalue weighted by Gasteiger charge is -2.20. The van der Waals surface area contributed by atoms with Crippen LogP contribution in [0.2, 0.25) is 0 Å². The molecule has 0 spiro atoms. The Morgan fingerprint density at radius 1 is 1.26 bits per heavy atom. The molecule has 0 aliphatic carbocycles. The quantitative estimate of drug-likeness (QED) is 0.775. The van der Waals surface area contributed by atoms with Crippen LogP contribution in [0.1, 0.15) is 41.2 Å². The zero-order valence-electron chi connectivity index (χ0n) is 15.1. The molecule has 5 nitrogen and oxygen atoms in total. The van der Waals surface area contributed by atoms with Crippen molar-refractivity contribution in [3.8, 4) is 10.6 Å². The largest absolute Gasteiger partial charge is 0.416 e. The number of carbonyl (C=O) groups excluding carboxylic acids is 2. The van der Waals surface area contributed by atoms with Gasteiger partial charge in [0.1, 0.15) is 15.9 Å². The summed E-state index contributed by atoms with van der Waals surface area (Å²) in [5.41, 5.74) is 5.52. The van der Waals surface area contributed by atoms with E-state index in [1.165, 1.54) is 12.1 Å². The van der Waals surface area contributed by atoms with E-state index in [4.69, 9.17) is 5.73 Å². The fraction of sp³-hybridized carbons (Fsp3) is 0.389. The van der Waals surface area contributed by atoms with E-state index in [0.717, 1.165) is 23.5 Å². The second-order valence-electron chi connectivity index (χ2n) is 6.25. The highest BCUT2D eigenvalue weighted by molar-refractivity contribution is 7.17. The predicted octanol–water partition coefficient (Wildman–Crippen LogP) is 3.77. The van der Waals surface area contributed by atoms with Crippen LogP contribution in [0, 0.1) is 12.8 Å². The summed E-state index contributed by atoms with van der Waals surface area (Å²) in [5.74, 6) is -1.23. The molecule has 2 aromatic rings. The maximum Gasteiger partial charge on any atom is 0.416 e. The van der Waals surface area contributed by atoms with E-state index in [9.17, 15) is 22.8 Å². The molecule has 0 radical (unpaired) electrons. The molecule has 0 aliphatic heterocycles. The third-order valence-electron chi connectivity index (χ3n) is 4.27. The Labute approximate surface area is 158 Å². The number of aryl methyl sites for hydroxylation is 1. The smallest absolute Gasteiger partial charge is 0.368 e. The highest BCUT2D eigenvalue weighted by Crippen LogP contribution is 2.33. The summed E-state index contributed by atoms with van der Waals surface area (Å²) in [4.78, 5) is 28.7. The summed E-state index contributed by atoms with van der Waals surface area (Å²) < 4.78 is 38.0. The van der Waals surface area contributed by atoms with Crippen LogP contribution in [-0.2, 0) is 11.0 Å². The maximum atomic E-state index is 12.7. The average molecular weight is 399 g/mol. The number of rotatable bonds is 6. The van der Waals surface area contributed by atoms with Gasteiger partial charge in [0.2, 0.25) is 5.91 Å². The van der Waals surface area contributed by atoms with Crippen molar-refractivity contribution >= 4 is 23.2 Å². The molecule has 2 rings (SSSR count).